The molecule has 2 aromatic rings. The Labute approximate surface area is 86.2 Å². The number of aromatic nitrogens is 2. The van der Waals surface area contributed by atoms with E-state index in [1.165, 1.54) is 12.8 Å². The van der Waals surface area contributed by atoms with Crippen LogP contribution in [0.2, 0.25) is 0 Å². The molecule has 72 valence electrons. The maximum atomic E-state index is 4.51. The molecule has 0 atom stereocenters. The van der Waals surface area contributed by atoms with Gasteiger partial charge in [-0.1, -0.05) is 0 Å². The monoisotopic (exact) mass is 205 g/mol. The fraction of sp³-hybridized carbons (Fsp3) is 0.300. The highest BCUT2D eigenvalue weighted by Gasteiger charge is 2.22. The molecule has 2 aromatic heterocycles. The molecule has 14 heavy (non-hydrogen) atoms. The van der Waals surface area contributed by atoms with Crippen molar-refractivity contribution < 1.29 is 0 Å². The van der Waals surface area contributed by atoms with E-state index >= 15 is 0 Å². The van der Waals surface area contributed by atoms with E-state index in [9.17, 15) is 0 Å². The molecule has 0 amide bonds. The van der Waals surface area contributed by atoms with E-state index in [1.54, 1.807) is 11.3 Å². The van der Waals surface area contributed by atoms with Gasteiger partial charge in [0.1, 0.15) is 0 Å². The summed E-state index contributed by atoms with van der Waals surface area (Å²) in [7, 11) is 0. The smallest absolute Gasteiger partial charge is 0.183 e. The van der Waals surface area contributed by atoms with Gasteiger partial charge in [-0.15, -0.1) is 11.3 Å². The zero-order valence-corrected chi connectivity index (χ0v) is 8.47. The normalized spacial score (nSPS) is 15.7. The molecule has 0 bridgehead atoms. The SMILES string of the molecule is c1c[nH]c(-c2csc(NC3CC3)n2)c1. The van der Waals surface area contributed by atoms with Crippen LogP contribution in [0.15, 0.2) is 23.7 Å². The standard InChI is InChI=1S/C10H11N3S/c1-2-8(11-5-1)9-6-14-10(13-9)12-7-3-4-7/h1-2,5-7,11H,3-4H2,(H,12,13). The predicted octanol–water partition coefficient (Wildman–Crippen LogP) is 2.71. The van der Waals surface area contributed by atoms with E-state index in [0.29, 0.717) is 6.04 Å². The summed E-state index contributed by atoms with van der Waals surface area (Å²) in [6.45, 7) is 0. The third kappa shape index (κ3) is 1.53. The zero-order valence-electron chi connectivity index (χ0n) is 7.66. The summed E-state index contributed by atoms with van der Waals surface area (Å²) in [5, 5.41) is 6.51. The first-order chi connectivity index (χ1) is 6.92. The first-order valence-electron chi connectivity index (χ1n) is 4.77. The fourth-order valence-corrected chi connectivity index (χ4v) is 2.14. The van der Waals surface area contributed by atoms with Crippen LogP contribution < -0.4 is 5.32 Å². The van der Waals surface area contributed by atoms with Gasteiger partial charge in [0.05, 0.1) is 11.4 Å². The molecule has 1 fully saturated rings. The topological polar surface area (TPSA) is 40.7 Å². The van der Waals surface area contributed by atoms with Crippen LogP contribution in [0.3, 0.4) is 0 Å². The van der Waals surface area contributed by atoms with Crippen molar-refractivity contribution in [2.75, 3.05) is 5.32 Å². The summed E-state index contributed by atoms with van der Waals surface area (Å²) in [4.78, 5) is 7.66. The summed E-state index contributed by atoms with van der Waals surface area (Å²) in [5.41, 5.74) is 2.12. The van der Waals surface area contributed by atoms with Gasteiger partial charge in [-0.3, -0.25) is 0 Å². The molecule has 0 aliphatic heterocycles. The average Bonchev–Trinajstić information content (AvgIpc) is 2.71. The van der Waals surface area contributed by atoms with Crippen molar-refractivity contribution in [3.63, 3.8) is 0 Å². The molecule has 0 unspecified atom stereocenters. The summed E-state index contributed by atoms with van der Waals surface area (Å²) >= 11 is 1.67. The van der Waals surface area contributed by atoms with Gasteiger partial charge in [-0.05, 0) is 25.0 Å². The third-order valence-electron chi connectivity index (χ3n) is 2.28. The van der Waals surface area contributed by atoms with Crippen LogP contribution >= 0.6 is 11.3 Å². The highest BCUT2D eigenvalue weighted by Crippen LogP contribution is 2.29. The maximum Gasteiger partial charge on any atom is 0.183 e. The van der Waals surface area contributed by atoms with Gasteiger partial charge in [0, 0.05) is 17.6 Å². The van der Waals surface area contributed by atoms with E-state index in [0.717, 1.165) is 16.5 Å². The Kier molecular flexibility index (Phi) is 1.80. The lowest BCUT2D eigenvalue weighted by atomic mass is 10.3. The molecule has 1 aliphatic carbocycles. The summed E-state index contributed by atoms with van der Waals surface area (Å²) in [6.07, 6.45) is 4.50. The Morgan fingerprint density at radius 3 is 3.14 bits per heavy atom. The number of rotatable bonds is 3. The molecule has 0 saturated heterocycles. The van der Waals surface area contributed by atoms with Crippen molar-refractivity contribution in [1.29, 1.82) is 0 Å². The summed E-state index contributed by atoms with van der Waals surface area (Å²) in [5.74, 6) is 0. The number of anilines is 1. The summed E-state index contributed by atoms with van der Waals surface area (Å²) in [6, 6.07) is 4.70. The molecule has 1 aliphatic rings. The van der Waals surface area contributed by atoms with Crippen LogP contribution in [0.5, 0.6) is 0 Å². The Balaban J connectivity index is 1.82. The fourth-order valence-electron chi connectivity index (χ4n) is 1.36. The minimum atomic E-state index is 0.678. The minimum Gasteiger partial charge on any atom is -0.360 e. The van der Waals surface area contributed by atoms with Crippen molar-refractivity contribution >= 4 is 16.5 Å². The Bertz CT molecular complexity index is 414. The number of thiazole rings is 1. The van der Waals surface area contributed by atoms with Crippen LogP contribution in [0.25, 0.3) is 11.4 Å². The molecule has 2 N–H and O–H groups in total. The number of aromatic amines is 1. The molecule has 2 heterocycles. The van der Waals surface area contributed by atoms with Crippen molar-refractivity contribution in [2.24, 2.45) is 0 Å². The average molecular weight is 205 g/mol. The quantitative estimate of drug-likeness (QED) is 0.808. The van der Waals surface area contributed by atoms with Gasteiger partial charge < -0.3 is 10.3 Å². The maximum absolute atomic E-state index is 4.51. The van der Waals surface area contributed by atoms with Crippen LogP contribution in [0.4, 0.5) is 5.13 Å². The second-order valence-corrected chi connectivity index (χ2v) is 4.40. The van der Waals surface area contributed by atoms with E-state index < -0.39 is 0 Å². The van der Waals surface area contributed by atoms with Crippen molar-refractivity contribution in [3.05, 3.63) is 23.7 Å². The second-order valence-electron chi connectivity index (χ2n) is 3.54. The minimum absolute atomic E-state index is 0.678. The molecule has 0 radical (unpaired) electrons. The number of nitrogens with one attached hydrogen (secondary N) is 2. The van der Waals surface area contributed by atoms with Crippen LogP contribution in [-0.4, -0.2) is 16.0 Å². The van der Waals surface area contributed by atoms with E-state index in [-0.39, 0.29) is 0 Å². The number of H-pyrrole nitrogens is 1. The first kappa shape index (κ1) is 8.05. The Morgan fingerprint density at radius 1 is 1.50 bits per heavy atom. The van der Waals surface area contributed by atoms with Crippen molar-refractivity contribution in [2.45, 2.75) is 18.9 Å². The van der Waals surface area contributed by atoms with Crippen LogP contribution in [0, 0.1) is 0 Å². The Morgan fingerprint density at radius 2 is 2.43 bits per heavy atom. The lowest BCUT2D eigenvalue weighted by molar-refractivity contribution is 1.14. The van der Waals surface area contributed by atoms with Gasteiger partial charge in [-0.2, -0.15) is 0 Å². The zero-order chi connectivity index (χ0) is 9.38. The highest BCUT2D eigenvalue weighted by molar-refractivity contribution is 7.14. The Hall–Kier alpha value is -1.29. The van der Waals surface area contributed by atoms with Gasteiger partial charge in [-0.25, -0.2) is 4.98 Å². The van der Waals surface area contributed by atoms with Crippen LogP contribution in [0.1, 0.15) is 12.8 Å². The van der Waals surface area contributed by atoms with Crippen molar-refractivity contribution in [1.82, 2.24) is 9.97 Å². The lowest BCUT2D eigenvalue weighted by Gasteiger charge is -1.96. The van der Waals surface area contributed by atoms with Crippen LogP contribution in [-0.2, 0) is 0 Å². The largest absolute Gasteiger partial charge is 0.360 e. The number of nitrogens with zero attached hydrogens (tertiary/aromatic N) is 1. The van der Waals surface area contributed by atoms with Gasteiger partial charge in [0.25, 0.3) is 0 Å². The molecule has 0 aromatic carbocycles. The molecule has 3 rings (SSSR count). The predicted molar refractivity (Wildman–Crippen MR) is 58.5 cm³/mol. The van der Waals surface area contributed by atoms with E-state index in [1.807, 2.05) is 18.3 Å². The third-order valence-corrected chi connectivity index (χ3v) is 3.06. The van der Waals surface area contributed by atoms with E-state index in [4.69, 9.17) is 0 Å². The van der Waals surface area contributed by atoms with Crippen molar-refractivity contribution in [3.8, 4) is 11.4 Å². The molecule has 4 heteroatoms. The molecule has 3 nitrogen and oxygen atoms in total. The molecule has 0 spiro atoms. The van der Waals surface area contributed by atoms with Gasteiger partial charge in [0.2, 0.25) is 0 Å². The molecular formula is C10H11N3S. The van der Waals surface area contributed by atoms with Gasteiger partial charge >= 0.3 is 0 Å². The number of hydrogen-bond donors (Lipinski definition) is 2. The first-order valence-corrected chi connectivity index (χ1v) is 5.65. The van der Waals surface area contributed by atoms with Gasteiger partial charge in [0.15, 0.2) is 5.13 Å². The van der Waals surface area contributed by atoms with E-state index in [2.05, 4.69) is 20.7 Å². The summed E-state index contributed by atoms with van der Waals surface area (Å²) < 4.78 is 0. The second kappa shape index (κ2) is 3.13. The number of hydrogen-bond acceptors (Lipinski definition) is 3. The molecule has 1 saturated carbocycles. The lowest BCUT2D eigenvalue weighted by Crippen LogP contribution is -1.99. The highest BCUT2D eigenvalue weighted by atomic mass is 32.1. The molecular weight excluding hydrogens is 194 g/mol.